The van der Waals surface area contributed by atoms with Crippen molar-refractivity contribution in [2.24, 2.45) is 7.05 Å². The summed E-state index contributed by atoms with van der Waals surface area (Å²) in [5.41, 5.74) is 0.401. The summed E-state index contributed by atoms with van der Waals surface area (Å²) in [6.45, 7) is 2.27. The lowest BCUT2D eigenvalue weighted by molar-refractivity contribution is 0.101. The number of hydrogen-bond acceptors (Lipinski definition) is 5. The third kappa shape index (κ3) is 3.11. The van der Waals surface area contributed by atoms with Crippen LogP contribution in [0.2, 0.25) is 0 Å². The van der Waals surface area contributed by atoms with Crippen LogP contribution in [-0.2, 0) is 17.1 Å². The van der Waals surface area contributed by atoms with Crippen molar-refractivity contribution in [1.82, 2.24) is 19.1 Å². The van der Waals surface area contributed by atoms with E-state index in [-0.39, 0.29) is 16.6 Å². The summed E-state index contributed by atoms with van der Waals surface area (Å²) in [6, 6.07) is 6.21. The zero-order valence-electron chi connectivity index (χ0n) is 13.7. The highest BCUT2D eigenvalue weighted by Crippen LogP contribution is 2.29. The van der Waals surface area contributed by atoms with Crippen LogP contribution in [-0.4, -0.2) is 46.4 Å². The zero-order chi connectivity index (χ0) is 17.3. The Hall–Kier alpha value is -2.06. The number of carbonyl (C=O) groups excluding carboxylic acids is 1. The van der Waals surface area contributed by atoms with Gasteiger partial charge in [0.25, 0.3) is 0 Å². The Morgan fingerprint density at radius 3 is 2.79 bits per heavy atom. The zero-order valence-corrected chi connectivity index (χ0v) is 14.5. The molecule has 0 N–H and O–H groups in total. The Morgan fingerprint density at radius 1 is 1.33 bits per heavy atom. The van der Waals surface area contributed by atoms with Crippen molar-refractivity contribution in [3.63, 3.8) is 0 Å². The molecule has 0 amide bonds. The van der Waals surface area contributed by atoms with Gasteiger partial charge in [-0.25, -0.2) is 8.42 Å². The van der Waals surface area contributed by atoms with Crippen molar-refractivity contribution in [3.8, 4) is 0 Å². The number of carbonyl (C=O) groups is 1. The second-order valence-electron chi connectivity index (χ2n) is 6.09. The van der Waals surface area contributed by atoms with Gasteiger partial charge in [-0.3, -0.25) is 4.79 Å². The van der Waals surface area contributed by atoms with Gasteiger partial charge in [0, 0.05) is 31.6 Å². The van der Waals surface area contributed by atoms with E-state index >= 15 is 0 Å². The number of aryl methyl sites for hydroxylation is 1. The van der Waals surface area contributed by atoms with Crippen LogP contribution in [0.1, 0.15) is 41.9 Å². The Kier molecular flexibility index (Phi) is 4.51. The van der Waals surface area contributed by atoms with Gasteiger partial charge in [0.2, 0.25) is 10.0 Å². The largest absolute Gasteiger partial charge is 0.320 e. The molecular weight excluding hydrogens is 328 g/mol. The van der Waals surface area contributed by atoms with E-state index in [1.807, 2.05) is 11.6 Å². The molecule has 2 aromatic rings. The summed E-state index contributed by atoms with van der Waals surface area (Å²) in [4.78, 5) is 11.7. The summed E-state index contributed by atoms with van der Waals surface area (Å²) in [7, 11) is -1.77. The van der Waals surface area contributed by atoms with Crippen LogP contribution in [0, 0.1) is 0 Å². The number of nitrogens with zero attached hydrogens (tertiary/aromatic N) is 4. The minimum absolute atomic E-state index is 0.0250. The quantitative estimate of drug-likeness (QED) is 0.783. The molecule has 3 rings (SSSR count). The number of piperidine rings is 1. The van der Waals surface area contributed by atoms with Gasteiger partial charge in [0.1, 0.15) is 12.2 Å². The van der Waals surface area contributed by atoms with Gasteiger partial charge in [0.15, 0.2) is 5.78 Å². The molecule has 1 saturated heterocycles. The topological polar surface area (TPSA) is 85.2 Å². The van der Waals surface area contributed by atoms with E-state index in [4.69, 9.17) is 0 Å². The van der Waals surface area contributed by atoms with Crippen LogP contribution in [0.5, 0.6) is 0 Å². The lowest BCUT2D eigenvalue weighted by Crippen LogP contribution is -2.39. The molecule has 1 aromatic carbocycles. The van der Waals surface area contributed by atoms with Crippen molar-refractivity contribution in [2.75, 3.05) is 13.1 Å². The van der Waals surface area contributed by atoms with Crippen molar-refractivity contribution in [2.45, 2.75) is 30.6 Å². The van der Waals surface area contributed by atoms with Gasteiger partial charge in [-0.05, 0) is 31.9 Å². The summed E-state index contributed by atoms with van der Waals surface area (Å²) >= 11 is 0. The molecule has 0 bridgehead atoms. The van der Waals surface area contributed by atoms with E-state index in [1.165, 1.54) is 23.4 Å². The maximum absolute atomic E-state index is 12.9. The first kappa shape index (κ1) is 16.8. The molecule has 0 unspecified atom stereocenters. The SMILES string of the molecule is CC(=O)c1cccc(S(=O)(=O)N2CCC[C@@H](c3nncn3C)C2)c1. The molecule has 0 aliphatic carbocycles. The molecule has 128 valence electrons. The van der Waals surface area contributed by atoms with Crippen LogP contribution in [0.4, 0.5) is 0 Å². The van der Waals surface area contributed by atoms with Crippen LogP contribution < -0.4 is 0 Å². The fourth-order valence-corrected chi connectivity index (χ4v) is 4.63. The lowest BCUT2D eigenvalue weighted by atomic mass is 9.99. The Morgan fingerprint density at radius 2 is 2.12 bits per heavy atom. The average Bonchev–Trinajstić information content (AvgIpc) is 3.01. The Balaban J connectivity index is 1.88. The fourth-order valence-electron chi connectivity index (χ4n) is 3.06. The van der Waals surface area contributed by atoms with E-state index in [9.17, 15) is 13.2 Å². The maximum atomic E-state index is 12.9. The van der Waals surface area contributed by atoms with Gasteiger partial charge >= 0.3 is 0 Å². The van der Waals surface area contributed by atoms with Crippen molar-refractivity contribution in [3.05, 3.63) is 42.0 Å². The molecule has 7 nitrogen and oxygen atoms in total. The van der Waals surface area contributed by atoms with E-state index < -0.39 is 10.0 Å². The monoisotopic (exact) mass is 348 g/mol. The Bertz CT molecular complexity index is 860. The van der Waals surface area contributed by atoms with Crippen molar-refractivity contribution < 1.29 is 13.2 Å². The minimum atomic E-state index is -3.63. The maximum Gasteiger partial charge on any atom is 0.243 e. The number of benzene rings is 1. The number of Topliss-reactive ketones (excluding diaryl/α,β-unsaturated/α-hetero) is 1. The van der Waals surface area contributed by atoms with E-state index in [1.54, 1.807) is 18.5 Å². The van der Waals surface area contributed by atoms with E-state index in [0.29, 0.717) is 18.7 Å². The van der Waals surface area contributed by atoms with Crippen molar-refractivity contribution >= 4 is 15.8 Å². The number of ketones is 1. The molecule has 8 heteroatoms. The standard InChI is InChI=1S/C16H20N4O3S/c1-12(21)13-5-3-7-15(9-13)24(22,23)20-8-4-6-14(10-20)16-18-17-11-19(16)2/h3,5,7,9,11,14H,4,6,8,10H2,1-2H3/t14-/m1/s1. The third-order valence-electron chi connectivity index (χ3n) is 4.37. The smallest absolute Gasteiger partial charge is 0.243 e. The second kappa shape index (κ2) is 6.45. The molecule has 0 radical (unpaired) electrons. The number of rotatable bonds is 4. The van der Waals surface area contributed by atoms with E-state index in [0.717, 1.165) is 18.7 Å². The first-order valence-corrected chi connectivity index (χ1v) is 9.28. The summed E-state index contributed by atoms with van der Waals surface area (Å²) in [5.74, 6) is 0.673. The molecule has 2 heterocycles. The lowest BCUT2D eigenvalue weighted by Gasteiger charge is -2.31. The van der Waals surface area contributed by atoms with Crippen LogP contribution in [0.25, 0.3) is 0 Å². The summed E-state index contributed by atoms with van der Waals surface area (Å²) < 4.78 is 29.2. The summed E-state index contributed by atoms with van der Waals surface area (Å²) in [6.07, 6.45) is 3.27. The van der Waals surface area contributed by atoms with Gasteiger partial charge < -0.3 is 4.57 Å². The van der Waals surface area contributed by atoms with Gasteiger partial charge in [0.05, 0.1) is 4.90 Å². The molecular formula is C16H20N4O3S. The molecule has 1 aromatic heterocycles. The number of sulfonamides is 1. The van der Waals surface area contributed by atoms with Crippen LogP contribution in [0.3, 0.4) is 0 Å². The fraction of sp³-hybridized carbons (Fsp3) is 0.438. The molecule has 0 saturated carbocycles. The molecule has 0 spiro atoms. The van der Waals surface area contributed by atoms with Gasteiger partial charge in [-0.2, -0.15) is 4.31 Å². The van der Waals surface area contributed by atoms with Crippen LogP contribution >= 0.6 is 0 Å². The highest BCUT2D eigenvalue weighted by Gasteiger charge is 2.32. The molecule has 24 heavy (non-hydrogen) atoms. The molecule has 1 aliphatic rings. The first-order valence-electron chi connectivity index (χ1n) is 7.84. The van der Waals surface area contributed by atoms with Crippen molar-refractivity contribution in [1.29, 1.82) is 0 Å². The minimum Gasteiger partial charge on any atom is -0.320 e. The first-order chi connectivity index (χ1) is 11.4. The van der Waals surface area contributed by atoms with Crippen LogP contribution in [0.15, 0.2) is 35.5 Å². The highest BCUT2D eigenvalue weighted by molar-refractivity contribution is 7.89. The van der Waals surface area contributed by atoms with Gasteiger partial charge in [-0.1, -0.05) is 12.1 Å². The predicted octanol–water partition coefficient (Wildman–Crippen LogP) is 1.59. The Labute approximate surface area is 141 Å². The molecule has 1 aliphatic heterocycles. The normalized spacial score (nSPS) is 19.3. The van der Waals surface area contributed by atoms with Gasteiger partial charge in [-0.15, -0.1) is 10.2 Å². The predicted molar refractivity (Wildman–Crippen MR) is 88.2 cm³/mol. The average molecular weight is 348 g/mol. The number of aromatic nitrogens is 3. The molecule has 1 atom stereocenters. The van der Waals surface area contributed by atoms with E-state index in [2.05, 4.69) is 10.2 Å². The summed E-state index contributed by atoms with van der Waals surface area (Å²) in [5, 5.41) is 7.99. The molecule has 1 fully saturated rings. The second-order valence-corrected chi connectivity index (χ2v) is 8.02. The highest BCUT2D eigenvalue weighted by atomic mass is 32.2. The third-order valence-corrected chi connectivity index (χ3v) is 6.24. The number of hydrogen-bond donors (Lipinski definition) is 0.